The van der Waals surface area contributed by atoms with Crippen LogP contribution in [0.2, 0.25) is 0 Å². The molecule has 67 heavy (non-hydrogen) atoms. The Balaban J connectivity index is 1.08. The largest absolute Gasteiger partial charge is 0.531 e. The van der Waals surface area contributed by atoms with Crippen LogP contribution in [0.15, 0.2) is 291 Å². The van der Waals surface area contributed by atoms with E-state index in [0.29, 0.717) is 23.0 Å². The maximum absolute atomic E-state index is 7.54. The third-order valence-electron chi connectivity index (χ3n) is 12.1. The predicted octanol–water partition coefficient (Wildman–Crippen LogP) is 8.49. The van der Waals surface area contributed by atoms with Crippen molar-refractivity contribution in [1.82, 2.24) is 0 Å². The topological polar surface area (TPSA) is 36.9 Å². The summed E-state index contributed by atoms with van der Waals surface area (Å²) in [4.78, 5) is 0. The monoisotopic (exact) mass is 916 g/mol. The van der Waals surface area contributed by atoms with Crippen LogP contribution >= 0.6 is 0 Å². The van der Waals surface area contributed by atoms with E-state index in [4.69, 9.17) is 17.7 Å². The molecule has 0 spiro atoms. The molecule has 324 valence electrons. The lowest BCUT2D eigenvalue weighted by molar-refractivity contribution is 0.414. The Morgan fingerprint density at radius 2 is 0.373 bits per heavy atom. The van der Waals surface area contributed by atoms with Crippen molar-refractivity contribution in [1.29, 1.82) is 0 Å². The van der Waals surface area contributed by atoms with Gasteiger partial charge >= 0.3 is 25.2 Å². The van der Waals surface area contributed by atoms with Crippen molar-refractivity contribution < 1.29 is 17.7 Å². The van der Waals surface area contributed by atoms with Crippen LogP contribution in [-0.4, -0.2) is 25.2 Å². The van der Waals surface area contributed by atoms with E-state index < -0.39 is 25.2 Å². The van der Waals surface area contributed by atoms with Crippen molar-refractivity contribution in [3.8, 4) is 23.0 Å². The summed E-state index contributed by atoms with van der Waals surface area (Å²) in [6.07, 6.45) is 0. The van der Waals surface area contributed by atoms with E-state index in [0.717, 1.165) is 41.5 Å². The second kappa shape index (κ2) is 19.7. The van der Waals surface area contributed by atoms with Gasteiger partial charge in [0.05, 0.1) is 0 Å². The molecular weight excluding hydrogens is 869 g/mol. The summed E-state index contributed by atoms with van der Waals surface area (Å²) < 4.78 is 30.1. The minimum atomic E-state index is -3.66. The molecule has 0 amide bonds. The molecule has 0 aliphatic rings. The van der Waals surface area contributed by atoms with Gasteiger partial charge in [-0.05, 0) is 55.4 Å². The fourth-order valence-electron chi connectivity index (χ4n) is 9.02. The van der Waals surface area contributed by atoms with Crippen LogP contribution < -0.4 is 59.2 Å². The Labute approximate surface area is 396 Å². The molecule has 0 saturated heterocycles. The maximum Gasteiger partial charge on any atom is 0.531 e. The van der Waals surface area contributed by atoms with Gasteiger partial charge in [-0.3, -0.25) is 0 Å². The first-order chi connectivity index (χ1) is 33.2. The Morgan fingerprint density at radius 3 is 0.597 bits per heavy atom. The number of rotatable bonds is 16. The smallest absolute Gasteiger partial charge is 0.530 e. The average Bonchev–Trinajstić information content (AvgIpc) is 3.41. The zero-order valence-electron chi connectivity index (χ0n) is 36.8. The van der Waals surface area contributed by atoms with Crippen molar-refractivity contribution in [2.45, 2.75) is 0 Å². The van der Waals surface area contributed by atoms with Crippen LogP contribution in [0.4, 0.5) is 0 Å². The average molecular weight is 917 g/mol. The highest BCUT2D eigenvalue weighted by atomic mass is 28.4. The normalized spacial score (nSPS) is 11.6. The van der Waals surface area contributed by atoms with E-state index in [1.165, 1.54) is 0 Å². The van der Waals surface area contributed by atoms with Gasteiger partial charge in [0, 0.05) is 22.5 Å². The van der Waals surface area contributed by atoms with E-state index in [2.05, 4.69) is 206 Å². The van der Waals surface area contributed by atoms with Crippen LogP contribution in [-0.2, 0) is 0 Å². The van der Waals surface area contributed by atoms with Gasteiger partial charge in [0.2, 0.25) is 0 Å². The Kier molecular flexibility index (Phi) is 12.6. The number of benzene rings is 10. The lowest BCUT2D eigenvalue weighted by atomic mass is 10.3. The lowest BCUT2D eigenvalue weighted by Crippen LogP contribution is -2.71. The molecule has 10 aromatic carbocycles. The molecule has 4 nitrogen and oxygen atoms in total. The van der Waals surface area contributed by atoms with Crippen molar-refractivity contribution in [2.75, 3.05) is 0 Å². The van der Waals surface area contributed by atoms with Gasteiger partial charge in [0.25, 0.3) is 0 Å². The zero-order valence-corrected chi connectivity index (χ0v) is 39.8. The van der Waals surface area contributed by atoms with Crippen molar-refractivity contribution in [3.63, 3.8) is 0 Å². The molecule has 0 aliphatic heterocycles. The van der Waals surface area contributed by atoms with Crippen LogP contribution in [0, 0.1) is 0 Å². The van der Waals surface area contributed by atoms with E-state index in [-0.39, 0.29) is 0 Å². The molecule has 0 fully saturated rings. The van der Waals surface area contributed by atoms with E-state index >= 15 is 0 Å². The van der Waals surface area contributed by atoms with Gasteiger partial charge in [-0.1, -0.05) is 255 Å². The molecule has 0 unspecified atom stereocenters. The van der Waals surface area contributed by atoms with Gasteiger partial charge in [0.15, 0.2) is 0 Å². The van der Waals surface area contributed by atoms with Gasteiger partial charge < -0.3 is 17.7 Å². The maximum atomic E-state index is 7.54. The highest BCUT2D eigenvalue weighted by Crippen LogP contribution is 2.29. The molecule has 0 bridgehead atoms. The van der Waals surface area contributed by atoms with Gasteiger partial charge in [-0.15, -0.1) is 0 Å². The zero-order chi connectivity index (χ0) is 45.2. The molecular formula is C60H48O4Si3. The van der Waals surface area contributed by atoms with Crippen LogP contribution in [0.5, 0.6) is 23.0 Å². The molecule has 0 N–H and O–H groups in total. The second-order valence-corrected chi connectivity index (χ2v) is 25.7. The first-order valence-electron chi connectivity index (χ1n) is 22.6. The Morgan fingerprint density at radius 1 is 0.179 bits per heavy atom. The van der Waals surface area contributed by atoms with E-state index in [9.17, 15) is 0 Å². The Bertz CT molecular complexity index is 2700. The summed E-state index contributed by atoms with van der Waals surface area (Å²) in [5, 5.41) is 8.73. The highest BCUT2D eigenvalue weighted by Gasteiger charge is 2.49. The third kappa shape index (κ3) is 8.79. The fraction of sp³-hybridized carbons (Fsp3) is 0. The Hall–Kier alpha value is -7.95. The number of hydrogen-bond acceptors (Lipinski definition) is 4. The summed E-state index contributed by atoms with van der Waals surface area (Å²) >= 11 is 0. The van der Waals surface area contributed by atoms with Crippen LogP contribution in [0.25, 0.3) is 0 Å². The second-order valence-electron chi connectivity index (χ2n) is 16.3. The third-order valence-corrected chi connectivity index (χ3v) is 23.3. The van der Waals surface area contributed by atoms with Crippen molar-refractivity contribution >= 4 is 66.7 Å². The van der Waals surface area contributed by atoms with Gasteiger partial charge in [-0.25, -0.2) is 0 Å². The SMILES string of the molecule is c1ccc([Si](Oc2cccc(O[Si](c3ccccc3)(c3ccccc3)c3ccccc3)c2)(Oc2cccc(O[Si](c3ccccc3)(c3ccccc3)c3ccccc3)c2)c2ccccc2)cc1. The van der Waals surface area contributed by atoms with Crippen molar-refractivity contribution in [2.24, 2.45) is 0 Å². The summed E-state index contributed by atoms with van der Waals surface area (Å²) in [5.74, 6) is 2.66. The molecule has 0 atom stereocenters. The number of hydrogen-bond donors (Lipinski definition) is 0. The van der Waals surface area contributed by atoms with E-state index in [1.54, 1.807) is 0 Å². The van der Waals surface area contributed by atoms with E-state index in [1.807, 2.05) is 84.9 Å². The quantitative estimate of drug-likeness (QED) is 0.0721. The highest BCUT2D eigenvalue weighted by molar-refractivity contribution is 7.08. The van der Waals surface area contributed by atoms with Crippen LogP contribution in [0.3, 0.4) is 0 Å². The van der Waals surface area contributed by atoms with Gasteiger partial charge in [-0.2, -0.15) is 0 Å². The summed E-state index contributed by atoms with van der Waals surface area (Å²) in [5.41, 5.74) is 0. The predicted molar refractivity (Wildman–Crippen MR) is 281 cm³/mol. The first kappa shape index (κ1) is 43.0. The molecule has 0 saturated carbocycles. The fourth-order valence-corrected chi connectivity index (χ4v) is 19.7. The molecule has 0 aromatic heterocycles. The minimum absolute atomic E-state index is 0.630. The summed E-state index contributed by atoms with van der Waals surface area (Å²) in [7, 11) is -9.91. The molecule has 0 aliphatic carbocycles. The molecule has 0 radical (unpaired) electrons. The molecule has 10 aromatic rings. The summed E-state index contributed by atoms with van der Waals surface area (Å²) in [6, 6.07) is 100. The standard InChI is InChI=1S/C60H48O4Si3/c1-9-31-53(32-10-1)65(54-33-11-2-12-34-54,55-35-13-3-14-36-55)61-49-27-25-29-51(47-49)63-67(59-43-21-7-22-44-59,60-45-23-8-24-46-60)64-52-30-26-28-50(48-52)62-66(56-37-15-4-16-38-56,57-39-17-5-18-40-57)58-41-19-6-20-42-58/h1-48H. The molecule has 0 heterocycles. The van der Waals surface area contributed by atoms with Gasteiger partial charge in [0.1, 0.15) is 23.0 Å². The lowest BCUT2D eigenvalue weighted by Gasteiger charge is -2.35. The molecule has 7 heteroatoms. The minimum Gasteiger partial charge on any atom is -0.530 e. The summed E-state index contributed by atoms with van der Waals surface area (Å²) in [6.45, 7) is 0. The van der Waals surface area contributed by atoms with Crippen LogP contribution in [0.1, 0.15) is 0 Å². The first-order valence-corrected chi connectivity index (χ1v) is 28.2. The van der Waals surface area contributed by atoms with Crippen molar-refractivity contribution in [3.05, 3.63) is 291 Å². The molecule has 10 rings (SSSR count).